The second kappa shape index (κ2) is 57.9. The number of hydrogen-bond donors (Lipinski definition) is 14. The second-order valence-electron chi connectivity index (χ2n) is 30.1. The summed E-state index contributed by atoms with van der Waals surface area (Å²) < 4.78 is 2.34. The van der Waals surface area contributed by atoms with Gasteiger partial charge in [-0.25, -0.2) is 0 Å². The van der Waals surface area contributed by atoms with E-state index >= 15 is 0 Å². The van der Waals surface area contributed by atoms with Crippen molar-refractivity contribution in [2.24, 2.45) is 27.8 Å². The number of nitrogens with zero attached hydrogens (tertiary/aromatic N) is 2. The molecular weight excluding hydrogens is 1420 g/mol. The number of benzene rings is 2. The maximum Gasteiger partial charge on any atom is 3.00 e. The molecule has 0 fully saturated rings. The Bertz CT molecular complexity index is 2870. The van der Waals surface area contributed by atoms with Crippen LogP contribution in [0.3, 0.4) is 0 Å². The fourth-order valence-electron chi connectivity index (χ4n) is 14.7. The van der Waals surface area contributed by atoms with Gasteiger partial charge in [0.05, 0.1) is 48.2 Å². The molecule has 1 radical (unpaired) electrons. The van der Waals surface area contributed by atoms with Gasteiger partial charge in [-0.05, 0) is 110 Å². The predicted octanol–water partition coefficient (Wildman–Crippen LogP) is 14.2. The Balaban J connectivity index is 0.000000913. The number of azo groups is 2. The van der Waals surface area contributed by atoms with Gasteiger partial charge in [0.1, 0.15) is 53.8 Å². The topological polar surface area (TPSA) is 379 Å². The zero-order chi connectivity index (χ0) is 79.7. The molecule has 0 saturated heterocycles. The molecule has 21 heteroatoms. The number of aliphatic hydroxyl groups excluding tert-OH is 14. The first-order chi connectivity index (χ1) is 51.3. The summed E-state index contributed by atoms with van der Waals surface area (Å²) in [6.45, 7) is 16.7. The summed E-state index contributed by atoms with van der Waals surface area (Å²) in [7, 11) is 0. The van der Waals surface area contributed by atoms with Crippen LogP contribution in [0, 0.1) is 28.7 Å². The number of hydrogen-bond acceptors (Lipinski definition) is 19. The first kappa shape index (κ1) is 101. The van der Waals surface area contributed by atoms with Gasteiger partial charge in [0.2, 0.25) is 0 Å². The molecule has 0 amide bonds. The summed E-state index contributed by atoms with van der Waals surface area (Å²) >= 11 is 0. The minimum absolute atomic E-state index is 0. The summed E-state index contributed by atoms with van der Waals surface area (Å²) in [4.78, 5) is 23.7. The number of unbranched alkanes of at least 4 members (excludes halogenated alkanes) is 23. The number of aliphatic carboxylic acids is 2. The average molecular weight is 1560 g/mol. The predicted molar refractivity (Wildman–Crippen MR) is 419 cm³/mol. The molecule has 12 unspecified atom stereocenters. The maximum absolute atomic E-state index is 11.9. The van der Waals surface area contributed by atoms with E-state index in [0.717, 1.165) is 62.9 Å². The van der Waals surface area contributed by atoms with E-state index in [1.165, 1.54) is 213 Å². The van der Waals surface area contributed by atoms with Gasteiger partial charge in [-0.3, -0.25) is 0 Å². The fraction of sp³-hybridized carbons (Fsp3) is 0.724. The molecule has 2 aliphatic rings. The molecule has 0 aromatic heterocycles. The third-order valence-electron chi connectivity index (χ3n) is 21.3. The van der Waals surface area contributed by atoms with E-state index in [4.69, 9.17) is 15.3 Å². The molecule has 2 aromatic rings. The summed E-state index contributed by atoms with van der Waals surface area (Å²) in [5.41, 5.74) is 5.63. The SMILES string of the molecule is CCCCC1(C(=O)[O-])C(O)=C(O)C=CC1CC(O)C(O)C(O)C(O)CO.CCCCC1(C(=O)[O-])C(O)=C(O)C=CC1CC(O)C(O)C(O)C(O)CO.CCCCCCCCCCCCCCCCCCCCCCCC(=[C-]c1ccc(CCC)c(CCC)c1)[N+](CCCC)=Nc1ccc(CCC)c(CCC)c1.[Ni+3]. The quantitative estimate of drug-likeness (QED) is 0.00961. The fourth-order valence-corrected chi connectivity index (χ4v) is 14.7. The Morgan fingerprint density at radius 3 is 1.12 bits per heavy atom. The van der Waals surface area contributed by atoms with Crippen LogP contribution in [0.4, 0.5) is 5.69 Å². The number of carboxylic acids is 2. The molecule has 108 heavy (non-hydrogen) atoms. The summed E-state index contributed by atoms with van der Waals surface area (Å²) in [6.07, 6.45) is 38.1. The van der Waals surface area contributed by atoms with Crippen LogP contribution in [0.1, 0.15) is 314 Å². The van der Waals surface area contributed by atoms with E-state index in [9.17, 15) is 81.1 Å². The van der Waals surface area contributed by atoms with Gasteiger partial charge >= 0.3 is 16.5 Å². The molecule has 0 heterocycles. The molecule has 0 spiro atoms. The molecule has 2 aromatic carbocycles. The normalized spacial score (nSPS) is 19.6. The standard InChI is InChI=1S/C53H90N2.2C17H28O9.Ni/c1-7-13-15-16-17-18-19-20-21-22-23-24-25-26-27-28-29-30-31-32-33-38-53(45-47-39-40-48(34-9-3)50(44-47)36-11-5)55(43-14-8-2)54-52-42-41-49(35-10-4)51(46-52)37-12-6;2*1-2-3-6-17(16(25)26)9(4-5-10(19)15(17)24)7-11(20)13(22)14(23)12(21)8-18;/h39-42,44,46H,7-38,43H2,1-6H3;2*4-5,9,11-14,18-24H,2-3,6-8H2,1H3,(H,25,26);/q;;;+3/p-2. The van der Waals surface area contributed by atoms with Crippen LogP contribution < -0.4 is 10.2 Å². The zero-order valence-electron chi connectivity index (χ0n) is 67.1. The summed E-state index contributed by atoms with van der Waals surface area (Å²) in [5, 5.41) is 165. The van der Waals surface area contributed by atoms with Crippen LogP contribution >= 0.6 is 0 Å². The molecule has 14 N–H and O–H groups in total. The van der Waals surface area contributed by atoms with Crippen molar-refractivity contribution in [3.63, 3.8) is 0 Å². The van der Waals surface area contributed by atoms with Crippen molar-refractivity contribution in [3.8, 4) is 0 Å². The van der Waals surface area contributed by atoms with Crippen LogP contribution in [0.5, 0.6) is 0 Å². The van der Waals surface area contributed by atoms with Crippen molar-refractivity contribution in [3.05, 3.63) is 123 Å². The molecule has 2 aliphatic carbocycles. The van der Waals surface area contributed by atoms with Gasteiger partial charge in [0, 0.05) is 12.8 Å². The van der Waals surface area contributed by atoms with Crippen molar-refractivity contribution in [2.45, 2.75) is 361 Å². The van der Waals surface area contributed by atoms with Gasteiger partial charge in [-0.15, -0.1) is 17.7 Å². The van der Waals surface area contributed by atoms with Crippen molar-refractivity contribution >= 4 is 17.6 Å². The number of carbonyl (C=O) groups excluding carboxylic acids is 2. The van der Waals surface area contributed by atoms with Crippen molar-refractivity contribution in [1.82, 2.24) is 0 Å². The van der Waals surface area contributed by atoms with Crippen molar-refractivity contribution < 1.29 is 112 Å². The van der Waals surface area contributed by atoms with Crippen LogP contribution in [0.15, 0.2) is 94.6 Å². The number of allylic oxidation sites excluding steroid dienone is 5. The molecule has 0 bridgehead atoms. The Hall–Kier alpha value is -5.03. The minimum Gasteiger partial charge on any atom is -0.549 e. The third kappa shape index (κ3) is 34.1. The van der Waals surface area contributed by atoms with Gasteiger partial charge in [0.25, 0.3) is 0 Å². The third-order valence-corrected chi connectivity index (χ3v) is 21.3. The number of aryl methyl sites for hydroxylation is 4. The Morgan fingerprint density at radius 1 is 0.435 bits per heavy atom. The largest absolute Gasteiger partial charge is 3.00 e. The summed E-state index contributed by atoms with van der Waals surface area (Å²) in [6, 6.07) is 14.1. The smallest absolute Gasteiger partial charge is 0.549 e. The van der Waals surface area contributed by atoms with E-state index in [1.54, 1.807) is 0 Å². The summed E-state index contributed by atoms with van der Waals surface area (Å²) in [5.74, 6) is -8.16. The van der Waals surface area contributed by atoms with Crippen molar-refractivity contribution in [2.75, 3.05) is 19.8 Å². The van der Waals surface area contributed by atoms with E-state index in [2.05, 4.69) is 88.7 Å². The van der Waals surface area contributed by atoms with Crippen LogP contribution in [0.2, 0.25) is 0 Å². The number of carbonyl (C=O) groups is 2. The molecule has 0 saturated carbocycles. The number of carboxylic acid groups (broad SMARTS) is 2. The van der Waals surface area contributed by atoms with E-state index in [1.807, 2.05) is 13.8 Å². The van der Waals surface area contributed by atoms with Gasteiger partial charge in [-0.2, -0.15) is 17.7 Å². The van der Waals surface area contributed by atoms with E-state index in [0.29, 0.717) is 25.7 Å². The first-order valence-electron chi connectivity index (χ1n) is 41.4. The van der Waals surface area contributed by atoms with E-state index in [-0.39, 0.29) is 29.3 Å². The second-order valence-corrected chi connectivity index (χ2v) is 30.1. The van der Waals surface area contributed by atoms with Crippen LogP contribution in [0.25, 0.3) is 0 Å². The molecule has 619 valence electrons. The molecule has 12 atom stereocenters. The molecular formula is C87H144N2NiO18+. The Labute approximate surface area is 658 Å². The van der Waals surface area contributed by atoms with Crippen LogP contribution in [-0.2, 0) is 51.8 Å². The molecule has 20 nitrogen and oxygen atoms in total. The first-order valence-corrected chi connectivity index (χ1v) is 41.4. The molecule has 4 rings (SSSR count). The monoisotopic (exact) mass is 1560 g/mol. The Kier molecular flexibility index (Phi) is 54.2. The Morgan fingerprint density at radius 2 is 0.769 bits per heavy atom. The van der Waals surface area contributed by atoms with Crippen molar-refractivity contribution in [1.29, 1.82) is 0 Å². The molecule has 0 aliphatic heterocycles. The average Bonchev–Trinajstić information content (AvgIpc) is 0.759. The van der Waals surface area contributed by atoms with Gasteiger partial charge < -0.3 is 91.3 Å². The zero-order valence-corrected chi connectivity index (χ0v) is 68.0. The van der Waals surface area contributed by atoms with Gasteiger partial charge in [-0.1, -0.05) is 270 Å². The number of aliphatic hydroxyl groups is 14. The minimum atomic E-state index is -1.99. The van der Waals surface area contributed by atoms with E-state index < -0.39 is 133 Å². The van der Waals surface area contributed by atoms with Gasteiger partial charge in [0.15, 0.2) is 23.8 Å². The number of rotatable bonds is 56. The van der Waals surface area contributed by atoms with Crippen LogP contribution in [-0.4, -0.2) is 157 Å². The maximum atomic E-state index is 11.9.